The van der Waals surface area contributed by atoms with E-state index in [4.69, 9.17) is 11.6 Å². The molecule has 2 aromatic heterocycles. The third-order valence-electron chi connectivity index (χ3n) is 3.34. The van der Waals surface area contributed by atoms with E-state index in [2.05, 4.69) is 25.6 Å². The van der Waals surface area contributed by atoms with Crippen LogP contribution in [0.5, 0.6) is 0 Å². The summed E-state index contributed by atoms with van der Waals surface area (Å²) in [6.07, 6.45) is 1.66. The first-order chi connectivity index (χ1) is 11.5. The van der Waals surface area contributed by atoms with Crippen LogP contribution in [0, 0.1) is 20.8 Å². The Balaban J connectivity index is 1.84. The molecule has 0 fully saturated rings. The Labute approximate surface area is 145 Å². The zero-order valence-corrected chi connectivity index (χ0v) is 14.4. The second-order valence-corrected chi connectivity index (χ2v) is 5.80. The lowest BCUT2D eigenvalue weighted by atomic mass is 10.2. The molecule has 0 saturated carbocycles. The molecule has 3 rings (SSSR count). The summed E-state index contributed by atoms with van der Waals surface area (Å²) in [7, 11) is 0. The van der Waals surface area contributed by atoms with E-state index in [9.17, 15) is 0 Å². The topological polar surface area (TPSA) is 68.0 Å². The molecule has 0 spiro atoms. The summed E-state index contributed by atoms with van der Waals surface area (Å²) in [4.78, 5) is 8.77. The van der Waals surface area contributed by atoms with Gasteiger partial charge < -0.3 is 0 Å². The molecule has 3 aromatic rings. The van der Waals surface area contributed by atoms with Crippen molar-refractivity contribution in [3.63, 3.8) is 0 Å². The normalized spacial score (nSPS) is 11.2. The van der Waals surface area contributed by atoms with Gasteiger partial charge in [-0.3, -0.25) is 5.43 Å². The van der Waals surface area contributed by atoms with Crippen molar-refractivity contribution in [2.45, 2.75) is 20.8 Å². The Morgan fingerprint density at radius 3 is 2.62 bits per heavy atom. The smallest absolute Gasteiger partial charge is 0.159 e. The summed E-state index contributed by atoms with van der Waals surface area (Å²) in [5.41, 5.74) is 5.70. The fourth-order valence-electron chi connectivity index (χ4n) is 2.33. The van der Waals surface area contributed by atoms with Gasteiger partial charge in [-0.2, -0.15) is 10.2 Å². The van der Waals surface area contributed by atoms with E-state index >= 15 is 0 Å². The van der Waals surface area contributed by atoms with E-state index in [0.29, 0.717) is 22.5 Å². The molecule has 0 saturated heterocycles. The monoisotopic (exact) mass is 340 g/mol. The van der Waals surface area contributed by atoms with Gasteiger partial charge in [0.2, 0.25) is 0 Å². The van der Waals surface area contributed by atoms with Gasteiger partial charge in [-0.25, -0.2) is 14.6 Å². The number of anilines is 1. The van der Waals surface area contributed by atoms with Crippen molar-refractivity contribution in [2.75, 3.05) is 5.43 Å². The van der Waals surface area contributed by atoms with Crippen LogP contribution in [0.25, 0.3) is 5.82 Å². The maximum Gasteiger partial charge on any atom is 0.159 e. The summed E-state index contributed by atoms with van der Waals surface area (Å²) < 4.78 is 1.78. The van der Waals surface area contributed by atoms with Crippen LogP contribution in [0.3, 0.4) is 0 Å². The van der Waals surface area contributed by atoms with Gasteiger partial charge in [0, 0.05) is 22.3 Å². The molecule has 122 valence electrons. The molecule has 0 aliphatic carbocycles. The summed E-state index contributed by atoms with van der Waals surface area (Å²) in [5, 5.41) is 9.29. The molecule has 6 nitrogen and oxygen atoms in total. The molecule has 0 amide bonds. The number of hydrogen-bond acceptors (Lipinski definition) is 5. The van der Waals surface area contributed by atoms with Gasteiger partial charge in [0.25, 0.3) is 0 Å². The first-order valence-corrected chi connectivity index (χ1v) is 7.83. The highest BCUT2D eigenvalue weighted by Crippen LogP contribution is 2.15. The maximum absolute atomic E-state index is 6.10. The summed E-state index contributed by atoms with van der Waals surface area (Å²) in [6.45, 7) is 5.77. The second kappa shape index (κ2) is 6.80. The van der Waals surface area contributed by atoms with Crippen LogP contribution in [-0.4, -0.2) is 26.0 Å². The van der Waals surface area contributed by atoms with Crippen LogP contribution >= 0.6 is 11.6 Å². The molecule has 24 heavy (non-hydrogen) atoms. The molecule has 0 aliphatic rings. The van der Waals surface area contributed by atoms with Crippen molar-refractivity contribution >= 4 is 23.6 Å². The number of hydrazone groups is 1. The van der Waals surface area contributed by atoms with Crippen LogP contribution < -0.4 is 5.43 Å². The third-order valence-corrected chi connectivity index (χ3v) is 3.68. The molecule has 0 atom stereocenters. The van der Waals surface area contributed by atoms with Gasteiger partial charge in [0.05, 0.1) is 11.9 Å². The molecule has 1 aromatic carbocycles. The number of nitrogens with one attached hydrogen (secondary N) is 1. The quantitative estimate of drug-likeness (QED) is 0.581. The van der Waals surface area contributed by atoms with Crippen LogP contribution in [0.1, 0.15) is 22.8 Å². The Hall–Kier alpha value is -2.73. The predicted octanol–water partition coefficient (Wildman–Crippen LogP) is 3.69. The average Bonchev–Trinajstić information content (AvgIpc) is 2.87. The molecular weight excluding hydrogens is 324 g/mol. The molecule has 7 heteroatoms. The summed E-state index contributed by atoms with van der Waals surface area (Å²) in [5.74, 6) is 1.92. The number of aryl methyl sites for hydroxylation is 3. The standard InChI is InChI=1S/C17H17ClN6/c1-11-8-12(2)24(23-11)17-9-16(20-13(3)21-17)22-19-10-14-6-4-5-7-15(14)18/h4-10H,1-3H3,(H,20,21,22)/b19-10-. The van der Waals surface area contributed by atoms with E-state index in [0.717, 1.165) is 17.0 Å². The zero-order chi connectivity index (χ0) is 17.1. The zero-order valence-electron chi connectivity index (χ0n) is 13.7. The van der Waals surface area contributed by atoms with Crippen molar-refractivity contribution in [3.8, 4) is 5.82 Å². The fraction of sp³-hybridized carbons (Fsp3) is 0.176. The number of rotatable bonds is 4. The van der Waals surface area contributed by atoms with Crippen LogP contribution in [0.4, 0.5) is 5.82 Å². The van der Waals surface area contributed by atoms with E-state index in [1.165, 1.54) is 0 Å². The van der Waals surface area contributed by atoms with E-state index < -0.39 is 0 Å². The first kappa shape index (κ1) is 16.1. The van der Waals surface area contributed by atoms with Gasteiger partial charge in [0.1, 0.15) is 5.82 Å². The predicted molar refractivity (Wildman–Crippen MR) is 96.0 cm³/mol. The summed E-state index contributed by atoms with van der Waals surface area (Å²) >= 11 is 6.10. The minimum absolute atomic E-state index is 0.591. The summed E-state index contributed by atoms with van der Waals surface area (Å²) in [6, 6.07) is 11.3. The molecular formula is C17H17ClN6. The molecule has 0 radical (unpaired) electrons. The largest absolute Gasteiger partial charge is 0.261 e. The Morgan fingerprint density at radius 2 is 1.92 bits per heavy atom. The van der Waals surface area contributed by atoms with Crippen LogP contribution in [-0.2, 0) is 0 Å². The van der Waals surface area contributed by atoms with Gasteiger partial charge in [0.15, 0.2) is 11.6 Å². The lowest BCUT2D eigenvalue weighted by Crippen LogP contribution is -2.06. The van der Waals surface area contributed by atoms with Gasteiger partial charge in [-0.15, -0.1) is 0 Å². The molecule has 2 heterocycles. The lowest BCUT2D eigenvalue weighted by Gasteiger charge is -2.07. The van der Waals surface area contributed by atoms with Gasteiger partial charge in [-0.05, 0) is 32.9 Å². The Bertz CT molecular complexity index is 900. The van der Waals surface area contributed by atoms with Crippen molar-refractivity contribution in [1.82, 2.24) is 19.7 Å². The molecule has 1 N–H and O–H groups in total. The van der Waals surface area contributed by atoms with Crippen molar-refractivity contribution in [1.29, 1.82) is 0 Å². The number of nitrogens with zero attached hydrogens (tertiary/aromatic N) is 5. The van der Waals surface area contributed by atoms with E-state index in [-0.39, 0.29) is 0 Å². The number of aromatic nitrogens is 4. The van der Waals surface area contributed by atoms with Crippen LogP contribution in [0.2, 0.25) is 5.02 Å². The minimum atomic E-state index is 0.591. The number of hydrogen-bond donors (Lipinski definition) is 1. The molecule has 0 bridgehead atoms. The van der Waals surface area contributed by atoms with Crippen molar-refractivity contribution in [3.05, 3.63) is 64.2 Å². The highest BCUT2D eigenvalue weighted by atomic mass is 35.5. The molecule has 0 unspecified atom stereocenters. The minimum Gasteiger partial charge on any atom is -0.261 e. The highest BCUT2D eigenvalue weighted by Gasteiger charge is 2.08. The average molecular weight is 341 g/mol. The van der Waals surface area contributed by atoms with Crippen molar-refractivity contribution in [2.24, 2.45) is 5.10 Å². The first-order valence-electron chi connectivity index (χ1n) is 7.46. The van der Waals surface area contributed by atoms with Crippen LogP contribution in [0.15, 0.2) is 41.5 Å². The highest BCUT2D eigenvalue weighted by molar-refractivity contribution is 6.33. The lowest BCUT2D eigenvalue weighted by molar-refractivity contribution is 0.793. The Morgan fingerprint density at radius 1 is 1.12 bits per heavy atom. The third kappa shape index (κ3) is 3.60. The van der Waals surface area contributed by atoms with Crippen molar-refractivity contribution < 1.29 is 0 Å². The Kier molecular flexibility index (Phi) is 4.57. The number of benzene rings is 1. The SMILES string of the molecule is Cc1cc(C)n(-c2cc(N/N=C\c3ccccc3Cl)nc(C)n2)n1. The second-order valence-electron chi connectivity index (χ2n) is 5.39. The van der Waals surface area contributed by atoms with E-state index in [1.807, 2.05) is 51.1 Å². The van der Waals surface area contributed by atoms with Gasteiger partial charge in [-0.1, -0.05) is 29.8 Å². The fourth-order valence-corrected chi connectivity index (χ4v) is 2.51. The molecule has 0 aliphatic heterocycles. The van der Waals surface area contributed by atoms with Gasteiger partial charge >= 0.3 is 0 Å². The van der Waals surface area contributed by atoms with E-state index in [1.54, 1.807) is 17.0 Å². The maximum atomic E-state index is 6.10. The number of halogens is 1.